The second-order valence-corrected chi connectivity index (χ2v) is 4.72. The number of rotatable bonds is 7. The fraction of sp³-hybridized carbons (Fsp3) is 0.550. The zero-order valence-electron chi connectivity index (χ0n) is 13.4. The van der Waals surface area contributed by atoms with E-state index in [1.807, 2.05) is 0 Å². The predicted molar refractivity (Wildman–Crippen MR) is 90.6 cm³/mol. The van der Waals surface area contributed by atoms with Crippen LogP contribution in [-0.4, -0.2) is 11.1 Å². The number of hydrogen-bond acceptors (Lipinski definition) is 1. The lowest BCUT2D eigenvalue weighted by molar-refractivity contribution is -0.135. The zero-order chi connectivity index (χ0) is 16.3. The summed E-state index contributed by atoms with van der Waals surface area (Å²) in [7, 11) is 0. The maximum atomic E-state index is 10.2. The van der Waals surface area contributed by atoms with Gasteiger partial charge in [0.2, 0.25) is 0 Å². The number of carboxylic acids is 1. The van der Waals surface area contributed by atoms with E-state index in [1.54, 1.807) is 0 Å². The van der Waals surface area contributed by atoms with E-state index in [1.165, 1.54) is 19.3 Å². The summed E-state index contributed by atoms with van der Waals surface area (Å²) >= 11 is 0. The predicted octanol–water partition coefficient (Wildman–Crippen LogP) is 4.01. The minimum Gasteiger partial charge on any atom is -0.481 e. The van der Waals surface area contributed by atoms with Crippen LogP contribution in [0.1, 0.15) is 71.1 Å². The molecule has 0 aromatic heterocycles. The molecule has 0 atom stereocenters. The van der Waals surface area contributed by atoms with E-state index in [9.17, 15) is 4.79 Å². The Balaban J connectivity index is 3.50. The molecular formula is C20H24O2. The maximum absolute atomic E-state index is 10.2. The Kier molecular flexibility index (Phi) is 15.0. The summed E-state index contributed by atoms with van der Waals surface area (Å²) in [4.78, 5) is 10.2. The molecule has 0 unspecified atom stereocenters. The highest BCUT2D eigenvalue weighted by molar-refractivity contribution is 5.70. The second-order valence-electron chi connectivity index (χ2n) is 4.72. The Morgan fingerprint density at radius 2 is 1.32 bits per heavy atom. The monoisotopic (exact) mass is 296 g/mol. The SMILES string of the molecule is CCCCCC#CCC#CCCCCC#CC#CCC(=O)O. The Morgan fingerprint density at radius 1 is 0.773 bits per heavy atom. The fourth-order valence-electron chi connectivity index (χ4n) is 1.51. The van der Waals surface area contributed by atoms with Crippen LogP contribution in [0.3, 0.4) is 0 Å². The van der Waals surface area contributed by atoms with Crippen LogP contribution in [0.5, 0.6) is 0 Å². The van der Waals surface area contributed by atoms with Crippen LogP contribution in [0.15, 0.2) is 0 Å². The van der Waals surface area contributed by atoms with Crippen molar-refractivity contribution in [3.8, 4) is 47.4 Å². The Morgan fingerprint density at radius 3 is 1.91 bits per heavy atom. The molecule has 1 N–H and O–H groups in total. The van der Waals surface area contributed by atoms with Crippen molar-refractivity contribution in [1.29, 1.82) is 0 Å². The van der Waals surface area contributed by atoms with Crippen LogP contribution in [-0.2, 0) is 4.79 Å². The fourth-order valence-corrected chi connectivity index (χ4v) is 1.51. The normalized spacial score (nSPS) is 8.05. The van der Waals surface area contributed by atoms with E-state index in [-0.39, 0.29) is 6.42 Å². The minimum absolute atomic E-state index is 0.147. The standard InChI is InChI=1S/C20H24O2/c1-2-3-4-5-6-7-8-9-10-11-12-13-14-15-16-17-18-19-20(21)22/h2-5,8,11-14,19H2,1H3,(H,21,22). The lowest BCUT2D eigenvalue weighted by atomic mass is 10.2. The quantitative estimate of drug-likeness (QED) is 0.569. The molecule has 0 saturated carbocycles. The molecule has 116 valence electrons. The highest BCUT2D eigenvalue weighted by Gasteiger charge is 1.86. The first-order valence-corrected chi connectivity index (χ1v) is 7.86. The van der Waals surface area contributed by atoms with Gasteiger partial charge in [-0.15, -0.1) is 11.8 Å². The molecule has 0 spiro atoms. The van der Waals surface area contributed by atoms with Crippen molar-refractivity contribution in [3.05, 3.63) is 0 Å². The molecular weight excluding hydrogens is 272 g/mol. The van der Waals surface area contributed by atoms with Crippen molar-refractivity contribution in [1.82, 2.24) is 0 Å². The van der Waals surface area contributed by atoms with Crippen LogP contribution >= 0.6 is 0 Å². The van der Waals surface area contributed by atoms with Gasteiger partial charge in [0.1, 0.15) is 6.42 Å². The first-order valence-electron chi connectivity index (χ1n) is 7.86. The molecule has 0 heterocycles. The van der Waals surface area contributed by atoms with Gasteiger partial charge >= 0.3 is 5.97 Å². The summed E-state index contributed by atoms with van der Waals surface area (Å²) in [6, 6.07) is 0. The van der Waals surface area contributed by atoms with E-state index in [4.69, 9.17) is 5.11 Å². The highest BCUT2D eigenvalue weighted by atomic mass is 16.4. The van der Waals surface area contributed by atoms with E-state index < -0.39 is 5.97 Å². The molecule has 0 aromatic carbocycles. The van der Waals surface area contributed by atoms with Crippen molar-refractivity contribution < 1.29 is 9.90 Å². The third-order valence-electron chi connectivity index (χ3n) is 2.66. The smallest absolute Gasteiger partial charge is 0.315 e. The number of hydrogen-bond donors (Lipinski definition) is 1. The number of carboxylic acid groups (broad SMARTS) is 1. The van der Waals surface area contributed by atoms with Crippen molar-refractivity contribution in [3.63, 3.8) is 0 Å². The Bertz CT molecular complexity index is 541. The second kappa shape index (κ2) is 16.8. The van der Waals surface area contributed by atoms with Gasteiger partial charge in [-0.1, -0.05) is 43.4 Å². The summed E-state index contributed by atoms with van der Waals surface area (Å²) < 4.78 is 0. The number of carbonyl (C=O) groups is 1. The molecule has 0 radical (unpaired) electrons. The molecule has 0 fully saturated rings. The first kappa shape index (κ1) is 19.7. The molecule has 22 heavy (non-hydrogen) atoms. The first-order chi connectivity index (χ1) is 10.8. The van der Waals surface area contributed by atoms with Crippen LogP contribution in [0, 0.1) is 47.4 Å². The molecule has 0 aliphatic heterocycles. The minimum atomic E-state index is -0.918. The highest BCUT2D eigenvalue weighted by Crippen LogP contribution is 1.98. The van der Waals surface area contributed by atoms with Gasteiger partial charge in [0.25, 0.3) is 0 Å². The summed E-state index contributed by atoms with van der Waals surface area (Å²) in [5, 5.41) is 8.37. The number of aliphatic carboxylic acids is 1. The van der Waals surface area contributed by atoms with Gasteiger partial charge in [0.05, 0.1) is 6.42 Å². The average molecular weight is 296 g/mol. The topological polar surface area (TPSA) is 37.3 Å². The van der Waals surface area contributed by atoms with Gasteiger partial charge in [-0.25, -0.2) is 0 Å². The van der Waals surface area contributed by atoms with Gasteiger partial charge in [-0.2, -0.15) is 0 Å². The number of unbranched alkanes of at least 4 members (excludes halogenated alkanes) is 6. The van der Waals surface area contributed by atoms with Crippen LogP contribution in [0.4, 0.5) is 0 Å². The Labute approximate surface area is 135 Å². The molecule has 0 aliphatic carbocycles. The van der Waals surface area contributed by atoms with E-state index >= 15 is 0 Å². The van der Waals surface area contributed by atoms with E-state index in [0.717, 1.165) is 32.1 Å². The molecule has 2 heteroatoms. The third kappa shape index (κ3) is 17.7. The third-order valence-corrected chi connectivity index (χ3v) is 2.66. The lowest BCUT2D eigenvalue weighted by Crippen LogP contribution is -1.89. The molecule has 0 amide bonds. The van der Waals surface area contributed by atoms with Gasteiger partial charge in [-0.05, 0) is 31.1 Å². The molecule has 2 nitrogen and oxygen atoms in total. The molecule has 0 rings (SSSR count). The van der Waals surface area contributed by atoms with Gasteiger partial charge < -0.3 is 5.11 Å². The van der Waals surface area contributed by atoms with Crippen molar-refractivity contribution in [2.45, 2.75) is 71.1 Å². The molecule has 0 bridgehead atoms. The van der Waals surface area contributed by atoms with Gasteiger partial charge in [0.15, 0.2) is 0 Å². The Hall–Kier alpha value is -2.29. The zero-order valence-corrected chi connectivity index (χ0v) is 13.4. The maximum Gasteiger partial charge on any atom is 0.315 e. The van der Waals surface area contributed by atoms with Gasteiger partial charge in [-0.3, -0.25) is 4.79 Å². The van der Waals surface area contributed by atoms with Crippen molar-refractivity contribution in [2.75, 3.05) is 0 Å². The summed E-state index contributed by atoms with van der Waals surface area (Å²) in [5.74, 6) is 22.0. The molecule has 0 aromatic rings. The van der Waals surface area contributed by atoms with E-state index in [2.05, 4.69) is 54.3 Å². The summed E-state index contributed by atoms with van der Waals surface area (Å²) in [5.41, 5.74) is 0. The average Bonchev–Trinajstić information content (AvgIpc) is 2.50. The largest absolute Gasteiger partial charge is 0.481 e. The molecule has 0 saturated heterocycles. The summed E-state index contributed by atoms with van der Waals surface area (Å²) in [6.07, 6.45) is 8.87. The van der Waals surface area contributed by atoms with Crippen molar-refractivity contribution >= 4 is 5.97 Å². The van der Waals surface area contributed by atoms with Crippen LogP contribution < -0.4 is 0 Å². The van der Waals surface area contributed by atoms with Crippen LogP contribution in [0.2, 0.25) is 0 Å². The molecule has 0 aliphatic rings. The van der Waals surface area contributed by atoms with Crippen molar-refractivity contribution in [2.24, 2.45) is 0 Å². The van der Waals surface area contributed by atoms with Crippen LogP contribution in [0.25, 0.3) is 0 Å². The van der Waals surface area contributed by atoms with E-state index in [0.29, 0.717) is 6.42 Å². The summed E-state index contributed by atoms with van der Waals surface area (Å²) in [6.45, 7) is 2.19. The van der Waals surface area contributed by atoms with Gasteiger partial charge in [0, 0.05) is 19.3 Å². The lowest BCUT2D eigenvalue weighted by Gasteiger charge is -1.88.